The number of hydrogen-bond acceptors (Lipinski definition) is 7. The fourth-order valence-electron chi connectivity index (χ4n) is 2.77. The molecule has 0 spiro atoms. The quantitative estimate of drug-likeness (QED) is 0.260. The number of carbonyl (C=O) groups is 1. The van der Waals surface area contributed by atoms with Crippen molar-refractivity contribution in [3.05, 3.63) is 74.7 Å². The van der Waals surface area contributed by atoms with Crippen molar-refractivity contribution in [3.8, 4) is 5.75 Å². The molecule has 0 amide bonds. The molecule has 0 fully saturated rings. The lowest BCUT2D eigenvalue weighted by molar-refractivity contribution is -0.131. The number of nitrogens with zero attached hydrogens (tertiary/aromatic N) is 3. The molecule has 1 N–H and O–H groups in total. The molecule has 0 atom stereocenters. The molecule has 0 aliphatic heterocycles. The van der Waals surface area contributed by atoms with E-state index < -0.39 is 11.4 Å². The van der Waals surface area contributed by atoms with Gasteiger partial charge in [0.1, 0.15) is 23.0 Å². The standard InChI is InChI=1S/C21H18BrClFN3O4/c1-21(2,30-14-6-4-13(23)5-7-14)19(28)11-18-20(27-31-26-18)17(25-29)10-12-3-8-16(24)15(22)9-12/h3-9,29H,10-11H2,1-2H3. The van der Waals surface area contributed by atoms with Crippen LogP contribution in [0.2, 0.25) is 5.02 Å². The van der Waals surface area contributed by atoms with Crippen LogP contribution in [0.5, 0.6) is 5.75 Å². The lowest BCUT2D eigenvalue weighted by atomic mass is 9.96. The number of Topliss-reactive ketones (excluding diaryl/α,β-unsaturated/α-hetero) is 1. The molecule has 0 aliphatic rings. The monoisotopic (exact) mass is 509 g/mol. The second-order valence-corrected chi connectivity index (χ2v) is 8.49. The number of benzene rings is 2. The molecule has 2 aromatic carbocycles. The molecule has 162 valence electrons. The zero-order valence-electron chi connectivity index (χ0n) is 16.6. The van der Waals surface area contributed by atoms with E-state index in [0.29, 0.717) is 16.3 Å². The Kier molecular flexibility index (Phi) is 7.07. The summed E-state index contributed by atoms with van der Waals surface area (Å²) in [6.07, 6.45) is -0.0407. The van der Waals surface area contributed by atoms with Gasteiger partial charge in [-0.1, -0.05) is 28.0 Å². The maximum Gasteiger partial charge on any atom is 0.181 e. The smallest absolute Gasteiger partial charge is 0.181 e. The highest BCUT2D eigenvalue weighted by Gasteiger charge is 2.32. The van der Waals surface area contributed by atoms with Gasteiger partial charge >= 0.3 is 0 Å². The summed E-state index contributed by atoms with van der Waals surface area (Å²) in [6, 6.07) is 11.0. The van der Waals surface area contributed by atoms with E-state index in [1.54, 1.807) is 50.2 Å². The third-order valence-electron chi connectivity index (χ3n) is 4.49. The molecule has 31 heavy (non-hydrogen) atoms. The molecule has 0 bridgehead atoms. The van der Waals surface area contributed by atoms with E-state index in [1.807, 2.05) is 0 Å². The maximum atomic E-state index is 13.5. The zero-order chi connectivity index (χ0) is 22.6. The van der Waals surface area contributed by atoms with Crippen LogP contribution in [0.15, 0.2) is 56.7 Å². The first-order valence-electron chi connectivity index (χ1n) is 9.14. The predicted octanol–water partition coefficient (Wildman–Crippen LogP) is 5.01. The number of oxime groups is 1. The molecular weight excluding hydrogens is 493 g/mol. The molecule has 0 unspecified atom stereocenters. The Hall–Kier alpha value is -2.78. The second-order valence-electron chi connectivity index (χ2n) is 7.20. The highest BCUT2D eigenvalue weighted by atomic mass is 79.9. The number of aromatic nitrogens is 2. The van der Waals surface area contributed by atoms with Crippen molar-refractivity contribution in [1.82, 2.24) is 10.3 Å². The van der Waals surface area contributed by atoms with Crippen LogP contribution in [0, 0.1) is 5.82 Å². The Morgan fingerprint density at radius 1 is 1.23 bits per heavy atom. The van der Waals surface area contributed by atoms with Gasteiger partial charge in [-0.15, -0.1) is 0 Å². The van der Waals surface area contributed by atoms with Gasteiger partial charge in [0.2, 0.25) is 0 Å². The topological polar surface area (TPSA) is 97.8 Å². The number of ether oxygens (including phenoxy) is 1. The van der Waals surface area contributed by atoms with E-state index >= 15 is 0 Å². The number of carbonyl (C=O) groups excluding carboxylic acids is 1. The van der Waals surface area contributed by atoms with Crippen LogP contribution in [-0.2, 0) is 17.6 Å². The van der Waals surface area contributed by atoms with Gasteiger partial charge in [-0.3, -0.25) is 4.79 Å². The highest BCUT2D eigenvalue weighted by Crippen LogP contribution is 2.23. The molecule has 3 aromatic rings. The van der Waals surface area contributed by atoms with Crippen LogP contribution >= 0.6 is 27.5 Å². The van der Waals surface area contributed by atoms with E-state index in [9.17, 15) is 14.4 Å². The predicted molar refractivity (Wildman–Crippen MR) is 115 cm³/mol. The minimum absolute atomic E-state index is 0.120. The van der Waals surface area contributed by atoms with Crippen molar-refractivity contribution < 1.29 is 23.8 Å². The summed E-state index contributed by atoms with van der Waals surface area (Å²) in [5.74, 6) is -0.217. The lowest BCUT2D eigenvalue weighted by Crippen LogP contribution is -2.39. The van der Waals surface area contributed by atoms with Crippen molar-refractivity contribution in [2.75, 3.05) is 0 Å². The summed E-state index contributed by atoms with van der Waals surface area (Å²) in [5, 5.41) is 20.9. The molecule has 0 aliphatic carbocycles. The first-order valence-corrected chi connectivity index (χ1v) is 10.3. The van der Waals surface area contributed by atoms with E-state index in [4.69, 9.17) is 21.0 Å². The average Bonchev–Trinajstić information content (AvgIpc) is 3.18. The first-order chi connectivity index (χ1) is 14.7. The van der Waals surface area contributed by atoms with E-state index in [0.717, 1.165) is 0 Å². The van der Waals surface area contributed by atoms with E-state index in [1.165, 1.54) is 6.07 Å². The van der Waals surface area contributed by atoms with Crippen LogP contribution in [0.3, 0.4) is 0 Å². The van der Waals surface area contributed by atoms with Gasteiger partial charge in [0.25, 0.3) is 0 Å². The normalized spacial score (nSPS) is 12.1. The third kappa shape index (κ3) is 5.68. The van der Waals surface area contributed by atoms with Gasteiger partial charge in [0.05, 0.1) is 10.9 Å². The molecule has 1 aromatic heterocycles. The summed E-state index contributed by atoms with van der Waals surface area (Å²) in [5.41, 5.74) is -0.0559. The van der Waals surface area contributed by atoms with Crippen LogP contribution in [-0.4, -0.2) is 32.6 Å². The number of hydrogen-bond donors (Lipinski definition) is 1. The van der Waals surface area contributed by atoms with Gasteiger partial charge < -0.3 is 9.94 Å². The third-order valence-corrected chi connectivity index (χ3v) is 5.35. The molecule has 0 radical (unpaired) electrons. The fourth-order valence-corrected chi connectivity index (χ4v) is 3.32. The van der Waals surface area contributed by atoms with Gasteiger partial charge in [-0.05, 0) is 76.9 Å². The van der Waals surface area contributed by atoms with Gasteiger partial charge in [-0.2, -0.15) is 0 Å². The summed E-state index contributed by atoms with van der Waals surface area (Å²) in [7, 11) is 0. The SMILES string of the molecule is CC(C)(Oc1ccc(Cl)cc1)C(=O)Cc1nonc1C(Cc1ccc(F)c(Br)c1)=NO. The number of halogens is 3. The summed E-state index contributed by atoms with van der Waals surface area (Å²) < 4.78 is 24.3. The maximum absolute atomic E-state index is 13.5. The van der Waals surface area contributed by atoms with Gasteiger partial charge in [0.15, 0.2) is 17.1 Å². The van der Waals surface area contributed by atoms with Crippen molar-refractivity contribution in [2.24, 2.45) is 5.16 Å². The van der Waals surface area contributed by atoms with Crippen molar-refractivity contribution in [2.45, 2.75) is 32.3 Å². The average molecular weight is 511 g/mol. The van der Waals surface area contributed by atoms with Crippen LogP contribution in [0.25, 0.3) is 0 Å². The van der Waals surface area contributed by atoms with Gasteiger partial charge in [0, 0.05) is 11.4 Å². The summed E-state index contributed by atoms with van der Waals surface area (Å²) >= 11 is 8.99. The zero-order valence-corrected chi connectivity index (χ0v) is 18.9. The minimum Gasteiger partial charge on any atom is -0.480 e. The van der Waals surface area contributed by atoms with Crippen molar-refractivity contribution in [3.63, 3.8) is 0 Å². The molecule has 0 saturated heterocycles. The van der Waals surface area contributed by atoms with E-state index in [-0.39, 0.29) is 40.2 Å². The highest BCUT2D eigenvalue weighted by molar-refractivity contribution is 9.10. The second kappa shape index (κ2) is 9.57. The van der Waals surface area contributed by atoms with Crippen molar-refractivity contribution in [1.29, 1.82) is 0 Å². The van der Waals surface area contributed by atoms with Crippen LogP contribution in [0.1, 0.15) is 30.8 Å². The summed E-state index contributed by atoms with van der Waals surface area (Å²) in [4.78, 5) is 12.9. The number of rotatable bonds is 8. The fraction of sp³-hybridized carbons (Fsp3) is 0.238. The molecular formula is C21H18BrClFN3O4. The molecule has 1 heterocycles. The number of ketones is 1. The summed E-state index contributed by atoms with van der Waals surface area (Å²) in [6.45, 7) is 3.27. The Bertz CT molecular complexity index is 1120. The molecule has 7 nitrogen and oxygen atoms in total. The minimum atomic E-state index is -1.18. The van der Waals surface area contributed by atoms with Gasteiger partial charge in [-0.25, -0.2) is 9.02 Å². The Morgan fingerprint density at radius 2 is 1.94 bits per heavy atom. The Morgan fingerprint density at radius 3 is 2.58 bits per heavy atom. The van der Waals surface area contributed by atoms with Crippen LogP contribution in [0.4, 0.5) is 4.39 Å². The first kappa shape index (κ1) is 22.9. The lowest BCUT2D eigenvalue weighted by Gasteiger charge is -2.24. The van der Waals surface area contributed by atoms with Crippen LogP contribution < -0.4 is 4.74 Å². The molecule has 10 heteroatoms. The van der Waals surface area contributed by atoms with E-state index in [2.05, 4.69) is 31.4 Å². The Labute approximate surface area is 190 Å². The largest absolute Gasteiger partial charge is 0.480 e. The molecule has 3 rings (SSSR count). The molecule has 0 saturated carbocycles. The Balaban J connectivity index is 1.75. The van der Waals surface area contributed by atoms with Crippen molar-refractivity contribution >= 4 is 39.0 Å².